The van der Waals surface area contributed by atoms with Gasteiger partial charge in [0.2, 0.25) is 0 Å². The Labute approximate surface area is 223 Å². The fourth-order valence-electron chi connectivity index (χ4n) is 4.55. The second kappa shape index (κ2) is 9.96. The van der Waals surface area contributed by atoms with Crippen molar-refractivity contribution in [3.05, 3.63) is 93.0 Å². The Hall–Kier alpha value is -3.99. The number of amides is 2. The summed E-state index contributed by atoms with van der Waals surface area (Å²) < 4.78 is 73.7. The molecule has 2 N–H and O–H groups in total. The lowest BCUT2D eigenvalue weighted by Gasteiger charge is -2.29. The van der Waals surface area contributed by atoms with E-state index in [2.05, 4.69) is 15.6 Å². The highest BCUT2D eigenvalue weighted by molar-refractivity contribution is 6.31. The fraction of sp³-hybridized carbons (Fsp3) is 0.222. The maximum Gasteiger partial charge on any atom is 0.416 e. The topological polar surface area (TPSA) is 79.8 Å². The van der Waals surface area contributed by atoms with Gasteiger partial charge in [0.15, 0.2) is 0 Å². The van der Waals surface area contributed by atoms with E-state index in [0.717, 1.165) is 17.8 Å². The quantitative estimate of drug-likeness (QED) is 0.356. The normalized spacial score (nSPS) is 18.2. The van der Waals surface area contributed by atoms with E-state index in [1.807, 2.05) is 0 Å². The summed E-state index contributed by atoms with van der Waals surface area (Å²) in [7, 11) is 1.66. The Bertz CT molecular complexity index is 1530. The molecule has 1 atom stereocenters. The Morgan fingerprint density at radius 2 is 1.82 bits per heavy atom. The third-order valence-electron chi connectivity index (χ3n) is 6.51. The van der Waals surface area contributed by atoms with E-state index < -0.39 is 46.8 Å². The minimum Gasteiger partial charge on any atom is -0.490 e. The molecule has 12 heteroatoms. The molecule has 0 unspecified atom stereocenters. The maximum atomic E-state index is 14.1. The standard InChI is InChI=1S/C27H19ClF5N3O3/c1-34-16-8-17(9-16)39-18-10-20-23(24(36-26(20)38)19-7-14(29)2-3-21(19)28)22(11-18)35-25(37)12-4-13(27(31,32)33)6-15(30)5-12/h2-7,10-11,17,24H,8-9H2,1H3,(H,35,37)(H,36,38)/t17?,24-/m1/s1. The molecule has 0 aromatic heterocycles. The molecule has 0 spiro atoms. The Kier molecular flexibility index (Phi) is 6.79. The molecular weight excluding hydrogens is 545 g/mol. The minimum absolute atomic E-state index is 0.00213. The van der Waals surface area contributed by atoms with Crippen LogP contribution < -0.4 is 15.4 Å². The van der Waals surface area contributed by atoms with Crippen LogP contribution in [0.25, 0.3) is 0 Å². The molecule has 202 valence electrons. The third kappa shape index (κ3) is 5.31. The van der Waals surface area contributed by atoms with Crippen molar-refractivity contribution in [1.29, 1.82) is 0 Å². The summed E-state index contributed by atoms with van der Waals surface area (Å²) in [4.78, 5) is 30.1. The van der Waals surface area contributed by atoms with Gasteiger partial charge in [-0.2, -0.15) is 13.2 Å². The minimum atomic E-state index is -4.88. The molecule has 1 saturated carbocycles. The molecule has 3 aromatic rings. The van der Waals surface area contributed by atoms with Crippen molar-refractivity contribution >= 4 is 34.8 Å². The molecule has 6 nitrogen and oxygen atoms in total. The number of hydrogen-bond acceptors (Lipinski definition) is 4. The van der Waals surface area contributed by atoms with Crippen molar-refractivity contribution in [2.75, 3.05) is 12.4 Å². The highest BCUT2D eigenvalue weighted by Gasteiger charge is 2.36. The predicted molar refractivity (Wildman–Crippen MR) is 134 cm³/mol. The number of aliphatic imine (C=N–C) groups is 1. The Balaban J connectivity index is 1.57. The lowest BCUT2D eigenvalue weighted by Crippen LogP contribution is -2.34. The van der Waals surface area contributed by atoms with Crippen molar-refractivity contribution < 1.29 is 36.3 Å². The summed E-state index contributed by atoms with van der Waals surface area (Å²) in [6, 6.07) is 6.89. The molecule has 1 heterocycles. The van der Waals surface area contributed by atoms with Crippen LogP contribution in [0.5, 0.6) is 5.75 Å². The van der Waals surface area contributed by atoms with Crippen molar-refractivity contribution in [3.8, 4) is 5.75 Å². The van der Waals surface area contributed by atoms with E-state index in [4.69, 9.17) is 16.3 Å². The largest absolute Gasteiger partial charge is 0.490 e. The van der Waals surface area contributed by atoms with Gasteiger partial charge in [-0.25, -0.2) is 8.78 Å². The summed E-state index contributed by atoms with van der Waals surface area (Å²) in [6.07, 6.45) is -4.00. The number of anilines is 1. The van der Waals surface area contributed by atoms with Gasteiger partial charge < -0.3 is 15.4 Å². The van der Waals surface area contributed by atoms with E-state index in [9.17, 15) is 31.5 Å². The van der Waals surface area contributed by atoms with Gasteiger partial charge in [0.05, 0.1) is 22.9 Å². The van der Waals surface area contributed by atoms with Crippen LogP contribution in [0.2, 0.25) is 5.02 Å². The summed E-state index contributed by atoms with van der Waals surface area (Å²) in [6.45, 7) is 0. The first-order chi connectivity index (χ1) is 18.4. The van der Waals surface area contributed by atoms with Crippen LogP contribution >= 0.6 is 11.6 Å². The molecule has 3 aromatic carbocycles. The van der Waals surface area contributed by atoms with Gasteiger partial charge in [0.25, 0.3) is 11.8 Å². The van der Waals surface area contributed by atoms with Crippen LogP contribution in [-0.4, -0.2) is 30.7 Å². The number of nitrogens with one attached hydrogen (secondary N) is 2. The average Bonchev–Trinajstić information content (AvgIpc) is 3.18. The number of hydrogen-bond donors (Lipinski definition) is 2. The van der Waals surface area contributed by atoms with Crippen LogP contribution in [0.3, 0.4) is 0 Å². The highest BCUT2D eigenvalue weighted by Crippen LogP contribution is 2.42. The van der Waals surface area contributed by atoms with E-state index in [-0.39, 0.29) is 45.3 Å². The lowest BCUT2D eigenvalue weighted by molar-refractivity contribution is -0.137. The zero-order valence-electron chi connectivity index (χ0n) is 20.1. The van der Waals surface area contributed by atoms with Crippen molar-refractivity contribution in [1.82, 2.24) is 5.32 Å². The number of fused-ring (bicyclic) bond motifs is 1. The first kappa shape index (κ1) is 26.6. The van der Waals surface area contributed by atoms with Gasteiger partial charge in [-0.05, 0) is 42.5 Å². The van der Waals surface area contributed by atoms with E-state index in [1.165, 1.54) is 18.2 Å². The molecule has 39 heavy (non-hydrogen) atoms. The van der Waals surface area contributed by atoms with Crippen molar-refractivity contribution in [2.45, 2.75) is 31.2 Å². The highest BCUT2D eigenvalue weighted by atomic mass is 35.5. The third-order valence-corrected chi connectivity index (χ3v) is 6.86. The molecule has 2 aliphatic rings. The predicted octanol–water partition coefficient (Wildman–Crippen LogP) is 6.33. The van der Waals surface area contributed by atoms with Gasteiger partial charge in [-0.3, -0.25) is 14.6 Å². The zero-order valence-corrected chi connectivity index (χ0v) is 20.9. The lowest BCUT2D eigenvalue weighted by atomic mass is 9.92. The van der Waals surface area contributed by atoms with Gasteiger partial charge >= 0.3 is 6.18 Å². The second-order valence-corrected chi connectivity index (χ2v) is 9.53. The first-order valence-corrected chi connectivity index (χ1v) is 12.0. The number of carbonyl (C=O) groups excluding carboxylic acids is 2. The molecule has 1 aliphatic carbocycles. The average molecular weight is 564 g/mol. The summed E-state index contributed by atoms with van der Waals surface area (Å²) >= 11 is 6.29. The van der Waals surface area contributed by atoms with Gasteiger partial charge in [-0.1, -0.05) is 11.6 Å². The first-order valence-electron chi connectivity index (χ1n) is 11.7. The summed E-state index contributed by atoms with van der Waals surface area (Å²) in [5.74, 6) is -3.30. The van der Waals surface area contributed by atoms with E-state index in [1.54, 1.807) is 7.05 Å². The molecular formula is C27H19ClF5N3O3. The molecule has 1 fully saturated rings. The van der Waals surface area contributed by atoms with Crippen LogP contribution in [-0.2, 0) is 6.18 Å². The monoisotopic (exact) mass is 563 g/mol. The molecule has 1 aliphatic heterocycles. The number of alkyl halides is 3. The van der Waals surface area contributed by atoms with Crippen LogP contribution in [0, 0.1) is 11.6 Å². The van der Waals surface area contributed by atoms with Crippen LogP contribution in [0.4, 0.5) is 27.6 Å². The zero-order chi connectivity index (χ0) is 28.1. The van der Waals surface area contributed by atoms with E-state index >= 15 is 0 Å². The van der Waals surface area contributed by atoms with E-state index in [0.29, 0.717) is 25.0 Å². The van der Waals surface area contributed by atoms with Gasteiger partial charge in [-0.15, -0.1) is 0 Å². The number of ether oxygens (including phenoxy) is 1. The fourth-order valence-corrected chi connectivity index (χ4v) is 4.78. The Morgan fingerprint density at radius 1 is 1.08 bits per heavy atom. The SMILES string of the molecule is CN=C1CC(Oc2cc(NC(=O)c3cc(F)cc(C(F)(F)F)c3)c3c(c2)C(=O)N[C@@H]3c2cc(F)ccc2Cl)C1. The number of benzene rings is 3. The number of rotatable bonds is 5. The Morgan fingerprint density at radius 3 is 2.51 bits per heavy atom. The van der Waals surface area contributed by atoms with Crippen LogP contribution in [0.15, 0.2) is 53.5 Å². The molecule has 0 saturated heterocycles. The van der Waals surface area contributed by atoms with Crippen molar-refractivity contribution in [2.24, 2.45) is 4.99 Å². The summed E-state index contributed by atoms with van der Waals surface area (Å²) in [5, 5.41) is 5.31. The van der Waals surface area contributed by atoms with Crippen molar-refractivity contribution in [3.63, 3.8) is 0 Å². The van der Waals surface area contributed by atoms with Gasteiger partial charge in [0, 0.05) is 53.4 Å². The smallest absolute Gasteiger partial charge is 0.416 e. The number of carbonyl (C=O) groups is 2. The summed E-state index contributed by atoms with van der Waals surface area (Å²) in [5.41, 5.74) is -0.507. The second-order valence-electron chi connectivity index (χ2n) is 9.12. The number of nitrogens with zero attached hydrogens (tertiary/aromatic N) is 1. The molecule has 5 rings (SSSR count). The molecule has 0 radical (unpaired) electrons. The number of halogens is 6. The van der Waals surface area contributed by atoms with Gasteiger partial charge in [0.1, 0.15) is 23.5 Å². The molecule has 2 amide bonds. The van der Waals surface area contributed by atoms with Crippen LogP contribution in [0.1, 0.15) is 56.3 Å². The molecule has 0 bridgehead atoms. The maximum absolute atomic E-state index is 14.1.